The van der Waals surface area contributed by atoms with Crippen LogP contribution in [0.25, 0.3) is 0 Å². The fourth-order valence-corrected chi connectivity index (χ4v) is 3.22. The van der Waals surface area contributed by atoms with Crippen molar-refractivity contribution in [3.63, 3.8) is 0 Å². The summed E-state index contributed by atoms with van der Waals surface area (Å²) in [5.41, 5.74) is 2.30. The number of carbonyl (C=O) groups is 1. The minimum atomic E-state index is -0.882. The molecule has 20 heavy (non-hydrogen) atoms. The van der Waals surface area contributed by atoms with Gasteiger partial charge in [-0.25, -0.2) is 4.79 Å². The van der Waals surface area contributed by atoms with Crippen LogP contribution in [0.4, 0.5) is 11.4 Å². The van der Waals surface area contributed by atoms with Gasteiger partial charge in [-0.3, -0.25) is 10.1 Å². The highest BCUT2D eigenvalue weighted by Crippen LogP contribution is 2.46. The quantitative estimate of drug-likeness (QED) is 0.491. The van der Waals surface area contributed by atoms with Crippen molar-refractivity contribution in [1.82, 2.24) is 0 Å². The summed E-state index contributed by atoms with van der Waals surface area (Å²) in [5.74, 6) is -1.03. The lowest BCUT2D eigenvalue weighted by Crippen LogP contribution is -2.42. The third-order valence-electron chi connectivity index (χ3n) is 4.13. The van der Waals surface area contributed by atoms with Crippen molar-refractivity contribution in [2.24, 2.45) is 5.92 Å². The second kappa shape index (κ2) is 4.33. The van der Waals surface area contributed by atoms with E-state index in [1.165, 1.54) is 6.07 Å². The molecule has 104 valence electrons. The lowest BCUT2D eigenvalue weighted by molar-refractivity contribution is -0.385. The molecule has 0 radical (unpaired) electrons. The van der Waals surface area contributed by atoms with Gasteiger partial charge in [0, 0.05) is 29.7 Å². The second-order valence-electron chi connectivity index (χ2n) is 5.30. The fraction of sp³-hybridized carbons (Fsp3) is 0.357. The largest absolute Gasteiger partial charge is 0.480 e. The third-order valence-corrected chi connectivity index (χ3v) is 4.13. The summed E-state index contributed by atoms with van der Waals surface area (Å²) in [6.07, 6.45) is 4.59. The van der Waals surface area contributed by atoms with Crippen LogP contribution in [0.3, 0.4) is 0 Å². The Labute approximate surface area is 115 Å². The van der Waals surface area contributed by atoms with E-state index in [1.54, 1.807) is 13.0 Å². The number of nitrogens with zero attached hydrogens (tertiary/aromatic N) is 1. The van der Waals surface area contributed by atoms with Crippen LogP contribution in [0, 0.1) is 23.0 Å². The molecule has 0 spiro atoms. The summed E-state index contributed by atoms with van der Waals surface area (Å²) in [6, 6.07) is 2.38. The number of benzene rings is 1. The average Bonchev–Trinajstić information content (AvgIpc) is 2.86. The maximum atomic E-state index is 11.4. The van der Waals surface area contributed by atoms with Gasteiger partial charge in [-0.15, -0.1) is 0 Å². The van der Waals surface area contributed by atoms with Gasteiger partial charge >= 0.3 is 5.97 Å². The molecule has 1 aliphatic heterocycles. The number of nitro groups is 1. The number of hydrogen-bond acceptors (Lipinski definition) is 4. The van der Waals surface area contributed by atoms with Gasteiger partial charge in [0.1, 0.15) is 6.04 Å². The molecule has 1 aromatic carbocycles. The van der Waals surface area contributed by atoms with Crippen LogP contribution >= 0.6 is 0 Å². The molecule has 1 heterocycles. The zero-order valence-electron chi connectivity index (χ0n) is 10.9. The van der Waals surface area contributed by atoms with Crippen LogP contribution in [-0.2, 0) is 4.79 Å². The van der Waals surface area contributed by atoms with Gasteiger partial charge < -0.3 is 10.4 Å². The SMILES string of the molecule is Cc1cc([N+](=O)[O-])cc2c1N[C@H](C(=O)O)[C@H]1CC=C[C@@H]21. The number of allylic oxidation sites excluding steroid dienone is 2. The molecule has 3 atom stereocenters. The molecule has 0 bridgehead atoms. The number of aliphatic carboxylic acids is 1. The lowest BCUT2D eigenvalue weighted by atomic mass is 9.78. The molecule has 0 saturated heterocycles. The molecular weight excluding hydrogens is 260 g/mol. The smallest absolute Gasteiger partial charge is 0.326 e. The molecule has 3 rings (SSSR count). The summed E-state index contributed by atoms with van der Waals surface area (Å²) in [5, 5.41) is 23.4. The summed E-state index contributed by atoms with van der Waals surface area (Å²) < 4.78 is 0. The van der Waals surface area contributed by atoms with E-state index in [4.69, 9.17) is 0 Å². The van der Waals surface area contributed by atoms with E-state index in [2.05, 4.69) is 5.32 Å². The van der Waals surface area contributed by atoms with Gasteiger partial charge in [0.2, 0.25) is 0 Å². The van der Waals surface area contributed by atoms with E-state index < -0.39 is 16.9 Å². The molecule has 6 nitrogen and oxygen atoms in total. The van der Waals surface area contributed by atoms with Crippen LogP contribution in [0.1, 0.15) is 23.5 Å². The fourth-order valence-electron chi connectivity index (χ4n) is 3.22. The topological polar surface area (TPSA) is 92.5 Å². The van der Waals surface area contributed by atoms with Gasteiger partial charge in [0.05, 0.1) is 4.92 Å². The zero-order valence-corrected chi connectivity index (χ0v) is 10.9. The van der Waals surface area contributed by atoms with Crippen LogP contribution in [-0.4, -0.2) is 22.0 Å². The summed E-state index contributed by atoms with van der Waals surface area (Å²) >= 11 is 0. The molecule has 0 unspecified atom stereocenters. The molecule has 2 N–H and O–H groups in total. The highest BCUT2D eigenvalue weighted by atomic mass is 16.6. The normalized spacial score (nSPS) is 26.6. The first-order chi connectivity index (χ1) is 9.49. The number of aryl methyl sites for hydroxylation is 1. The van der Waals surface area contributed by atoms with Crippen molar-refractivity contribution >= 4 is 17.3 Å². The third kappa shape index (κ3) is 1.76. The zero-order chi connectivity index (χ0) is 14.4. The molecule has 0 saturated carbocycles. The van der Waals surface area contributed by atoms with Crippen molar-refractivity contribution in [2.45, 2.75) is 25.3 Å². The Balaban J connectivity index is 2.15. The molecular formula is C14H14N2O4. The van der Waals surface area contributed by atoms with Crippen LogP contribution in [0.15, 0.2) is 24.3 Å². The minimum absolute atomic E-state index is 0.0517. The Morgan fingerprint density at radius 2 is 2.25 bits per heavy atom. The van der Waals surface area contributed by atoms with Crippen molar-refractivity contribution in [2.75, 3.05) is 5.32 Å². The number of nitro benzene ring substituents is 1. The van der Waals surface area contributed by atoms with Gasteiger partial charge in [0.25, 0.3) is 5.69 Å². The lowest BCUT2D eigenvalue weighted by Gasteiger charge is -2.35. The number of nitrogens with one attached hydrogen (secondary N) is 1. The predicted molar refractivity (Wildman–Crippen MR) is 72.9 cm³/mol. The number of anilines is 1. The van der Waals surface area contributed by atoms with E-state index in [0.717, 1.165) is 11.3 Å². The second-order valence-corrected chi connectivity index (χ2v) is 5.30. The number of non-ortho nitro benzene ring substituents is 1. The molecule has 0 amide bonds. The number of carboxylic acid groups (broad SMARTS) is 1. The summed E-state index contributed by atoms with van der Waals surface area (Å²) in [6.45, 7) is 1.76. The Morgan fingerprint density at radius 1 is 1.50 bits per heavy atom. The van der Waals surface area contributed by atoms with E-state index in [1.807, 2.05) is 12.2 Å². The average molecular weight is 274 g/mol. The maximum Gasteiger partial charge on any atom is 0.326 e. The first-order valence-electron chi connectivity index (χ1n) is 6.44. The number of hydrogen-bond donors (Lipinski definition) is 2. The van der Waals surface area contributed by atoms with Crippen LogP contribution in [0.5, 0.6) is 0 Å². The molecule has 0 fully saturated rings. The first-order valence-corrected chi connectivity index (χ1v) is 6.44. The number of rotatable bonds is 2. The van der Waals surface area contributed by atoms with Crippen LogP contribution < -0.4 is 5.32 Å². The van der Waals surface area contributed by atoms with Crippen molar-refractivity contribution in [3.05, 3.63) is 45.5 Å². The van der Waals surface area contributed by atoms with Gasteiger partial charge in [-0.05, 0) is 24.5 Å². The molecule has 1 aromatic rings. The van der Waals surface area contributed by atoms with E-state index in [-0.39, 0.29) is 17.5 Å². The summed E-state index contributed by atoms with van der Waals surface area (Å²) in [7, 11) is 0. The molecule has 2 aliphatic rings. The standard InChI is InChI=1S/C14H14N2O4/c1-7-5-8(16(19)20)6-11-9-3-2-4-10(9)13(14(17)18)15-12(7)11/h2-3,5-6,9-10,13,15H,4H2,1H3,(H,17,18)/t9-,10+,13+/m1/s1. The molecule has 0 aromatic heterocycles. The highest BCUT2D eigenvalue weighted by molar-refractivity contribution is 5.82. The first kappa shape index (κ1) is 12.7. The number of carboxylic acids is 1. The maximum absolute atomic E-state index is 11.4. The number of fused-ring (bicyclic) bond motifs is 3. The summed E-state index contributed by atoms with van der Waals surface area (Å²) in [4.78, 5) is 22.0. The van der Waals surface area contributed by atoms with Crippen molar-refractivity contribution in [3.8, 4) is 0 Å². The highest BCUT2D eigenvalue weighted by Gasteiger charge is 2.41. The van der Waals surface area contributed by atoms with Crippen LogP contribution in [0.2, 0.25) is 0 Å². The van der Waals surface area contributed by atoms with Crippen molar-refractivity contribution in [1.29, 1.82) is 0 Å². The van der Waals surface area contributed by atoms with Gasteiger partial charge in [-0.2, -0.15) is 0 Å². The molecule has 1 aliphatic carbocycles. The Hall–Kier alpha value is -2.37. The van der Waals surface area contributed by atoms with Gasteiger partial charge in [-0.1, -0.05) is 12.2 Å². The predicted octanol–water partition coefficient (Wildman–Crippen LogP) is 2.44. The minimum Gasteiger partial charge on any atom is -0.480 e. The monoisotopic (exact) mass is 274 g/mol. The Morgan fingerprint density at radius 3 is 2.90 bits per heavy atom. The van der Waals surface area contributed by atoms with Gasteiger partial charge in [0.15, 0.2) is 0 Å². The van der Waals surface area contributed by atoms with Crippen molar-refractivity contribution < 1.29 is 14.8 Å². The Kier molecular flexibility index (Phi) is 2.74. The van der Waals surface area contributed by atoms with E-state index in [9.17, 15) is 20.0 Å². The van der Waals surface area contributed by atoms with E-state index in [0.29, 0.717) is 12.0 Å². The Bertz CT molecular complexity index is 638. The van der Waals surface area contributed by atoms with E-state index >= 15 is 0 Å². The molecule has 6 heteroatoms.